The molecule has 0 saturated heterocycles. The lowest BCUT2D eigenvalue weighted by atomic mass is 10.2. The van der Waals surface area contributed by atoms with Crippen molar-refractivity contribution in [3.63, 3.8) is 0 Å². The Kier molecular flexibility index (Phi) is 6.08. The fraction of sp³-hybridized carbons (Fsp3) is 0.263. The number of halogens is 2. The van der Waals surface area contributed by atoms with Crippen LogP contribution in [0.2, 0.25) is 10.0 Å². The zero-order valence-corrected chi connectivity index (χ0v) is 16.1. The van der Waals surface area contributed by atoms with Crippen molar-refractivity contribution in [2.75, 3.05) is 10.6 Å². The molecule has 8 heteroatoms. The van der Waals surface area contributed by atoms with Crippen LogP contribution in [0.25, 0.3) is 0 Å². The Morgan fingerprint density at radius 2 is 1.74 bits per heavy atom. The van der Waals surface area contributed by atoms with Gasteiger partial charge >= 0.3 is 6.03 Å². The second kappa shape index (κ2) is 8.50. The maximum absolute atomic E-state index is 12.4. The van der Waals surface area contributed by atoms with Crippen molar-refractivity contribution in [2.24, 2.45) is 0 Å². The van der Waals surface area contributed by atoms with Crippen LogP contribution in [0.1, 0.15) is 19.8 Å². The summed E-state index contributed by atoms with van der Waals surface area (Å²) in [4.78, 5) is 24.2. The van der Waals surface area contributed by atoms with Gasteiger partial charge in [0.05, 0.1) is 5.02 Å². The number of urea groups is 1. The minimum atomic E-state index is -0.796. The Balaban J connectivity index is 1.58. The number of hydrogen-bond donors (Lipinski definition) is 3. The van der Waals surface area contributed by atoms with Crippen molar-refractivity contribution in [2.45, 2.75) is 31.9 Å². The molecule has 0 aliphatic heterocycles. The van der Waals surface area contributed by atoms with E-state index in [9.17, 15) is 9.59 Å². The van der Waals surface area contributed by atoms with E-state index >= 15 is 0 Å². The van der Waals surface area contributed by atoms with Gasteiger partial charge in [-0.05, 0) is 50.1 Å². The van der Waals surface area contributed by atoms with Crippen molar-refractivity contribution in [1.82, 2.24) is 5.32 Å². The maximum atomic E-state index is 12.4. The molecule has 1 aliphatic rings. The number of benzene rings is 2. The number of ether oxygens (including phenoxy) is 1. The van der Waals surface area contributed by atoms with Gasteiger partial charge in [-0.1, -0.05) is 35.3 Å². The second-order valence-corrected chi connectivity index (χ2v) is 7.04. The molecule has 6 nitrogen and oxygen atoms in total. The number of rotatable bonds is 6. The molecule has 2 aromatic rings. The third-order valence-electron chi connectivity index (χ3n) is 3.89. The largest absolute Gasteiger partial charge is 0.479 e. The topological polar surface area (TPSA) is 79.5 Å². The van der Waals surface area contributed by atoms with E-state index in [-0.39, 0.29) is 23.0 Å². The van der Waals surface area contributed by atoms with Gasteiger partial charge < -0.3 is 20.7 Å². The second-order valence-electron chi connectivity index (χ2n) is 6.25. The first kappa shape index (κ1) is 19.3. The third kappa shape index (κ3) is 5.52. The van der Waals surface area contributed by atoms with Crippen LogP contribution in [-0.4, -0.2) is 24.1 Å². The molecule has 0 bridgehead atoms. The monoisotopic (exact) mass is 407 g/mol. The summed E-state index contributed by atoms with van der Waals surface area (Å²) < 4.78 is 5.60. The highest BCUT2D eigenvalue weighted by molar-refractivity contribution is 6.42. The first-order chi connectivity index (χ1) is 12.9. The van der Waals surface area contributed by atoms with E-state index in [4.69, 9.17) is 27.9 Å². The molecule has 3 rings (SSSR count). The maximum Gasteiger partial charge on any atom is 0.319 e. The molecular weight excluding hydrogens is 389 g/mol. The van der Waals surface area contributed by atoms with Gasteiger partial charge in [-0.25, -0.2) is 4.79 Å². The van der Waals surface area contributed by atoms with Crippen LogP contribution in [0.4, 0.5) is 16.2 Å². The fourth-order valence-corrected chi connectivity index (χ4v) is 2.65. The third-order valence-corrected chi connectivity index (χ3v) is 4.69. The predicted octanol–water partition coefficient (Wildman–Crippen LogP) is 4.68. The molecule has 27 heavy (non-hydrogen) atoms. The van der Waals surface area contributed by atoms with Crippen molar-refractivity contribution >= 4 is 46.5 Å². The first-order valence-electron chi connectivity index (χ1n) is 8.51. The van der Waals surface area contributed by atoms with Crippen molar-refractivity contribution in [1.29, 1.82) is 0 Å². The fourth-order valence-electron chi connectivity index (χ4n) is 2.32. The summed E-state index contributed by atoms with van der Waals surface area (Å²) >= 11 is 12.0. The zero-order valence-electron chi connectivity index (χ0n) is 14.6. The number of carbonyl (C=O) groups is 2. The quantitative estimate of drug-likeness (QED) is 0.649. The molecule has 1 aliphatic carbocycles. The van der Waals surface area contributed by atoms with E-state index in [1.165, 1.54) is 0 Å². The summed E-state index contributed by atoms with van der Waals surface area (Å²) in [6.07, 6.45) is 1.23. The average molecular weight is 408 g/mol. The average Bonchev–Trinajstić information content (AvgIpc) is 3.43. The molecule has 0 radical (unpaired) electrons. The van der Waals surface area contributed by atoms with Gasteiger partial charge in [0.1, 0.15) is 10.8 Å². The Morgan fingerprint density at radius 3 is 2.44 bits per heavy atom. The molecule has 1 saturated carbocycles. The van der Waals surface area contributed by atoms with Gasteiger partial charge in [0, 0.05) is 17.4 Å². The summed E-state index contributed by atoms with van der Waals surface area (Å²) in [7, 11) is 0. The van der Waals surface area contributed by atoms with Gasteiger partial charge in [0.15, 0.2) is 6.10 Å². The molecule has 142 valence electrons. The van der Waals surface area contributed by atoms with E-state index in [2.05, 4.69) is 16.0 Å². The lowest BCUT2D eigenvalue weighted by molar-refractivity contribution is -0.122. The molecule has 1 unspecified atom stereocenters. The Bertz CT molecular complexity index is 856. The Labute approximate surface area is 167 Å². The molecule has 1 fully saturated rings. The number of anilines is 2. The molecule has 1 atom stereocenters. The lowest BCUT2D eigenvalue weighted by Crippen LogP contribution is -2.31. The van der Waals surface area contributed by atoms with Crippen molar-refractivity contribution < 1.29 is 14.3 Å². The van der Waals surface area contributed by atoms with E-state index in [1.54, 1.807) is 49.4 Å². The zero-order chi connectivity index (χ0) is 19.4. The molecule has 0 heterocycles. The van der Waals surface area contributed by atoms with Crippen LogP contribution >= 0.6 is 23.2 Å². The standard InChI is InChI=1S/C19H19Cl2N3O3/c1-11(27-16-7-3-6-15(20)17(16)21)18(25)22-13-4-2-5-14(10-13)24-19(26)23-12-8-9-12/h2-7,10-12H,8-9H2,1H3,(H,22,25)(H2,23,24,26). The lowest BCUT2D eigenvalue weighted by Gasteiger charge is -2.16. The van der Waals surface area contributed by atoms with Crippen LogP contribution in [0.5, 0.6) is 5.75 Å². The first-order valence-corrected chi connectivity index (χ1v) is 9.27. The summed E-state index contributed by atoms with van der Waals surface area (Å²) in [5.41, 5.74) is 1.12. The van der Waals surface area contributed by atoms with Crippen molar-refractivity contribution in [3.8, 4) is 5.75 Å². The van der Waals surface area contributed by atoms with Gasteiger partial charge in [-0.15, -0.1) is 0 Å². The summed E-state index contributed by atoms with van der Waals surface area (Å²) in [5.74, 6) is -0.0235. The van der Waals surface area contributed by atoms with Crippen molar-refractivity contribution in [3.05, 3.63) is 52.5 Å². The summed E-state index contributed by atoms with van der Waals surface area (Å²) in [6.45, 7) is 1.61. The SMILES string of the molecule is CC(Oc1cccc(Cl)c1Cl)C(=O)Nc1cccc(NC(=O)NC2CC2)c1. The molecule has 3 amide bonds. The van der Waals surface area contributed by atoms with Crippen LogP contribution in [0.3, 0.4) is 0 Å². The van der Waals surface area contributed by atoms with Crippen LogP contribution in [0, 0.1) is 0 Å². The number of nitrogens with one attached hydrogen (secondary N) is 3. The van der Waals surface area contributed by atoms with Gasteiger partial charge in [0.25, 0.3) is 5.91 Å². The predicted molar refractivity (Wildman–Crippen MR) is 107 cm³/mol. The molecule has 0 aromatic heterocycles. The van der Waals surface area contributed by atoms with E-state index in [1.807, 2.05) is 0 Å². The summed E-state index contributed by atoms with van der Waals surface area (Å²) in [6, 6.07) is 11.9. The van der Waals surface area contributed by atoms with Gasteiger partial charge in [-0.3, -0.25) is 4.79 Å². The van der Waals surface area contributed by atoms with E-state index in [0.29, 0.717) is 22.1 Å². The number of carbonyl (C=O) groups excluding carboxylic acids is 2. The van der Waals surface area contributed by atoms with E-state index in [0.717, 1.165) is 12.8 Å². The highest BCUT2D eigenvalue weighted by Crippen LogP contribution is 2.32. The smallest absolute Gasteiger partial charge is 0.319 e. The van der Waals surface area contributed by atoms with Crippen LogP contribution in [0.15, 0.2) is 42.5 Å². The van der Waals surface area contributed by atoms with Crippen LogP contribution in [-0.2, 0) is 4.79 Å². The number of hydrogen-bond acceptors (Lipinski definition) is 3. The van der Waals surface area contributed by atoms with Gasteiger partial charge in [0.2, 0.25) is 0 Å². The van der Waals surface area contributed by atoms with Crippen LogP contribution < -0.4 is 20.7 Å². The summed E-state index contributed by atoms with van der Waals surface area (Å²) in [5, 5.41) is 8.94. The highest BCUT2D eigenvalue weighted by Gasteiger charge is 2.23. The molecule has 2 aromatic carbocycles. The Morgan fingerprint density at radius 1 is 1.07 bits per heavy atom. The molecule has 0 spiro atoms. The normalized spacial score (nSPS) is 14.2. The minimum absolute atomic E-state index is 0.256. The molecular formula is C19H19Cl2N3O3. The number of amides is 3. The minimum Gasteiger partial charge on any atom is -0.479 e. The Hall–Kier alpha value is -2.44. The van der Waals surface area contributed by atoms with Gasteiger partial charge in [-0.2, -0.15) is 0 Å². The highest BCUT2D eigenvalue weighted by atomic mass is 35.5. The molecule has 3 N–H and O–H groups in total. The van der Waals surface area contributed by atoms with E-state index < -0.39 is 6.10 Å².